The predicted molar refractivity (Wildman–Crippen MR) is 117 cm³/mol. The van der Waals surface area contributed by atoms with Crippen LogP contribution in [0.4, 0.5) is 5.82 Å². The second-order valence-corrected chi connectivity index (χ2v) is 9.03. The molecule has 0 N–H and O–H groups in total. The van der Waals surface area contributed by atoms with Crippen molar-refractivity contribution < 1.29 is 9.47 Å². The number of nitrogens with zero attached hydrogens (tertiary/aromatic N) is 4. The smallest absolute Gasteiger partial charge is 0.135 e. The fraction of sp³-hybridized carbons (Fsp3) is 0.435. The van der Waals surface area contributed by atoms with Gasteiger partial charge in [0.15, 0.2) is 0 Å². The van der Waals surface area contributed by atoms with Crippen molar-refractivity contribution in [1.82, 2.24) is 15.0 Å². The van der Waals surface area contributed by atoms with Crippen LogP contribution in [0.1, 0.15) is 40.1 Å². The molecule has 0 atom stereocenters. The number of benzene rings is 1. The van der Waals surface area contributed by atoms with Gasteiger partial charge in [-0.05, 0) is 56.4 Å². The minimum Gasteiger partial charge on any atom is -0.488 e. The van der Waals surface area contributed by atoms with Crippen LogP contribution in [-0.2, 0) is 23.4 Å². The number of thiazole rings is 1. The van der Waals surface area contributed by atoms with Crippen molar-refractivity contribution in [3.05, 3.63) is 63.5 Å². The van der Waals surface area contributed by atoms with Crippen LogP contribution in [0.2, 0.25) is 0 Å². The van der Waals surface area contributed by atoms with Crippen LogP contribution < -0.4 is 9.64 Å². The zero-order valence-electron chi connectivity index (χ0n) is 17.4. The molecule has 3 aromatic rings. The summed E-state index contributed by atoms with van der Waals surface area (Å²) < 4.78 is 12.4. The lowest BCUT2D eigenvalue weighted by Gasteiger charge is -2.45. The first-order valence-corrected chi connectivity index (χ1v) is 11.3. The molecule has 1 saturated heterocycles. The number of piperidine rings is 1. The van der Waals surface area contributed by atoms with Crippen LogP contribution in [0, 0.1) is 13.8 Å². The molecule has 0 unspecified atom stereocenters. The van der Waals surface area contributed by atoms with Crippen molar-refractivity contribution in [2.24, 2.45) is 0 Å². The second kappa shape index (κ2) is 7.96. The normalized spacial score (nSPS) is 17.7. The molecular formula is C23H26N4O2S. The highest BCUT2D eigenvalue weighted by Crippen LogP contribution is 2.43. The highest BCUT2D eigenvalue weighted by Gasteiger charge is 2.41. The van der Waals surface area contributed by atoms with E-state index in [0.29, 0.717) is 6.61 Å². The van der Waals surface area contributed by atoms with E-state index in [9.17, 15) is 0 Å². The molecule has 0 saturated carbocycles. The fourth-order valence-corrected chi connectivity index (χ4v) is 5.06. The molecule has 2 aromatic heterocycles. The SMILES string of the molecule is Cc1ncnc(N2CCC3(CC2)OCCc2cc(OCc4cncs4)ccc23)c1C. The molecule has 4 heterocycles. The van der Waals surface area contributed by atoms with Crippen molar-refractivity contribution in [2.45, 2.75) is 45.3 Å². The first-order valence-electron chi connectivity index (χ1n) is 10.5. The van der Waals surface area contributed by atoms with E-state index < -0.39 is 0 Å². The van der Waals surface area contributed by atoms with Gasteiger partial charge in [-0.1, -0.05) is 6.07 Å². The lowest BCUT2D eigenvalue weighted by molar-refractivity contribution is -0.0767. The van der Waals surface area contributed by atoms with Crippen molar-refractivity contribution in [3.63, 3.8) is 0 Å². The summed E-state index contributed by atoms with van der Waals surface area (Å²) in [7, 11) is 0. The standard InChI is InChI=1S/C23H26N4O2S/c1-16-17(2)25-14-26-22(16)27-8-6-23(7-9-27)21-4-3-19(11-18(21)5-10-29-23)28-13-20-12-24-15-30-20/h3-4,11-12,14-15H,5-10,13H2,1-2H3. The molecule has 1 aromatic carbocycles. The third kappa shape index (κ3) is 3.56. The van der Waals surface area contributed by atoms with Crippen LogP contribution >= 0.6 is 11.3 Å². The summed E-state index contributed by atoms with van der Waals surface area (Å²) in [5.74, 6) is 1.98. The van der Waals surface area contributed by atoms with Crippen LogP contribution in [0.15, 0.2) is 36.2 Å². The first-order chi connectivity index (χ1) is 14.6. The highest BCUT2D eigenvalue weighted by atomic mass is 32.1. The molecule has 2 aliphatic rings. The van der Waals surface area contributed by atoms with Crippen LogP contribution in [0.25, 0.3) is 0 Å². The molecule has 7 heteroatoms. The van der Waals surface area contributed by atoms with Gasteiger partial charge >= 0.3 is 0 Å². The Morgan fingerprint density at radius 3 is 2.87 bits per heavy atom. The number of aromatic nitrogens is 3. The Morgan fingerprint density at radius 1 is 1.20 bits per heavy atom. The van der Waals surface area contributed by atoms with Gasteiger partial charge < -0.3 is 14.4 Å². The summed E-state index contributed by atoms with van der Waals surface area (Å²) in [5, 5.41) is 0. The zero-order valence-corrected chi connectivity index (χ0v) is 18.2. The molecule has 1 fully saturated rings. The van der Waals surface area contributed by atoms with E-state index in [-0.39, 0.29) is 5.60 Å². The van der Waals surface area contributed by atoms with Crippen LogP contribution in [0.5, 0.6) is 5.75 Å². The minimum absolute atomic E-state index is 0.198. The van der Waals surface area contributed by atoms with Crippen LogP contribution in [-0.4, -0.2) is 34.6 Å². The van der Waals surface area contributed by atoms with E-state index in [1.807, 2.05) is 18.6 Å². The van der Waals surface area contributed by atoms with Gasteiger partial charge in [0.2, 0.25) is 0 Å². The second-order valence-electron chi connectivity index (χ2n) is 8.06. The number of ether oxygens (including phenoxy) is 2. The molecule has 156 valence electrons. The maximum Gasteiger partial charge on any atom is 0.135 e. The Hall–Kier alpha value is -2.51. The van der Waals surface area contributed by atoms with Crippen molar-refractivity contribution >= 4 is 17.2 Å². The zero-order chi connectivity index (χ0) is 20.6. The van der Waals surface area contributed by atoms with Crippen molar-refractivity contribution in [3.8, 4) is 5.75 Å². The van der Waals surface area contributed by atoms with Gasteiger partial charge in [0.05, 0.1) is 22.6 Å². The van der Waals surface area contributed by atoms with Gasteiger partial charge in [0.25, 0.3) is 0 Å². The largest absolute Gasteiger partial charge is 0.488 e. The highest BCUT2D eigenvalue weighted by molar-refractivity contribution is 7.09. The Kier molecular flexibility index (Phi) is 5.16. The average molecular weight is 423 g/mol. The number of aryl methyl sites for hydroxylation is 1. The van der Waals surface area contributed by atoms with Gasteiger partial charge in [-0.2, -0.15) is 0 Å². The molecular weight excluding hydrogens is 396 g/mol. The summed E-state index contributed by atoms with van der Waals surface area (Å²) >= 11 is 1.62. The number of hydrogen-bond donors (Lipinski definition) is 0. The van der Waals surface area contributed by atoms with Gasteiger partial charge in [-0.15, -0.1) is 11.3 Å². The molecule has 0 radical (unpaired) electrons. The molecule has 30 heavy (non-hydrogen) atoms. The maximum atomic E-state index is 6.42. The van der Waals surface area contributed by atoms with Gasteiger partial charge in [0.1, 0.15) is 24.5 Å². The number of rotatable bonds is 4. The van der Waals surface area contributed by atoms with Crippen molar-refractivity contribution in [2.75, 3.05) is 24.6 Å². The molecule has 6 nitrogen and oxygen atoms in total. The Bertz CT molecular complexity index is 1030. The van der Waals surface area contributed by atoms with Crippen LogP contribution in [0.3, 0.4) is 0 Å². The van der Waals surface area contributed by atoms with Crippen molar-refractivity contribution in [1.29, 1.82) is 0 Å². The summed E-state index contributed by atoms with van der Waals surface area (Å²) in [6, 6.07) is 6.50. The summed E-state index contributed by atoms with van der Waals surface area (Å²) in [6.07, 6.45) is 6.39. The minimum atomic E-state index is -0.198. The summed E-state index contributed by atoms with van der Waals surface area (Å²) in [6.45, 7) is 7.34. The third-order valence-corrected chi connectivity index (χ3v) is 7.12. The van der Waals surface area contributed by atoms with E-state index in [1.54, 1.807) is 17.7 Å². The van der Waals surface area contributed by atoms with E-state index >= 15 is 0 Å². The van der Waals surface area contributed by atoms with E-state index in [1.165, 1.54) is 16.7 Å². The Balaban J connectivity index is 1.32. The topological polar surface area (TPSA) is 60.4 Å². The summed E-state index contributed by atoms with van der Waals surface area (Å²) in [5.41, 5.74) is 6.53. The molecule has 2 aliphatic heterocycles. The van der Waals surface area contributed by atoms with Gasteiger partial charge in [0, 0.05) is 30.5 Å². The quantitative estimate of drug-likeness (QED) is 0.628. The lowest BCUT2D eigenvalue weighted by atomic mass is 9.79. The number of anilines is 1. The summed E-state index contributed by atoms with van der Waals surface area (Å²) in [4.78, 5) is 16.5. The Labute approximate surface area is 180 Å². The van der Waals surface area contributed by atoms with E-state index in [0.717, 1.165) is 61.1 Å². The first kappa shape index (κ1) is 19.5. The van der Waals surface area contributed by atoms with Gasteiger partial charge in [-0.3, -0.25) is 4.98 Å². The molecule has 0 aliphatic carbocycles. The van der Waals surface area contributed by atoms with E-state index in [2.05, 4.69) is 45.0 Å². The third-order valence-electron chi connectivity index (χ3n) is 6.36. The average Bonchev–Trinajstić information content (AvgIpc) is 3.29. The van der Waals surface area contributed by atoms with E-state index in [4.69, 9.17) is 9.47 Å². The molecule has 0 bridgehead atoms. The number of fused-ring (bicyclic) bond motifs is 2. The molecule has 5 rings (SSSR count). The number of hydrogen-bond acceptors (Lipinski definition) is 7. The Morgan fingerprint density at radius 2 is 2.07 bits per heavy atom. The fourth-order valence-electron chi connectivity index (χ4n) is 4.55. The van der Waals surface area contributed by atoms with Gasteiger partial charge in [-0.25, -0.2) is 9.97 Å². The molecule has 0 amide bonds. The monoisotopic (exact) mass is 422 g/mol. The predicted octanol–water partition coefficient (Wildman–Crippen LogP) is 4.20. The lowest BCUT2D eigenvalue weighted by Crippen LogP contribution is -2.47. The molecule has 1 spiro atoms. The maximum absolute atomic E-state index is 6.42.